The van der Waals surface area contributed by atoms with Crippen molar-refractivity contribution in [3.8, 4) is 0 Å². The van der Waals surface area contributed by atoms with Crippen LogP contribution < -0.4 is 0 Å². The Bertz CT molecular complexity index is 1410. The minimum Gasteiger partial charge on any atom is -0.443 e. The first-order valence-corrected chi connectivity index (χ1v) is 11.8. The number of hydrogen-bond acceptors (Lipinski definition) is 3. The van der Waals surface area contributed by atoms with E-state index >= 15 is 0 Å². The summed E-state index contributed by atoms with van der Waals surface area (Å²) in [7, 11) is 0. The summed E-state index contributed by atoms with van der Waals surface area (Å²) in [5, 5.41) is 3.64. The lowest BCUT2D eigenvalue weighted by atomic mass is 9.96. The number of nitrogens with zero attached hydrogens (tertiary/aromatic N) is 2. The molecule has 174 valence electrons. The van der Waals surface area contributed by atoms with Crippen LogP contribution in [0.5, 0.6) is 0 Å². The second-order valence-corrected chi connectivity index (χ2v) is 10.2. The van der Waals surface area contributed by atoms with E-state index in [0.29, 0.717) is 13.0 Å². The third-order valence-electron chi connectivity index (χ3n) is 6.49. The molecule has 3 aromatic carbocycles. The topological polar surface area (TPSA) is 51.5 Å². The van der Waals surface area contributed by atoms with Gasteiger partial charge in [-0.1, -0.05) is 48.5 Å². The van der Waals surface area contributed by atoms with Gasteiger partial charge >= 0.3 is 6.09 Å². The van der Waals surface area contributed by atoms with Crippen LogP contribution in [0.3, 0.4) is 0 Å². The molecule has 1 fully saturated rings. The zero-order chi connectivity index (χ0) is 24.0. The van der Waals surface area contributed by atoms with E-state index in [0.717, 1.165) is 17.6 Å². The summed E-state index contributed by atoms with van der Waals surface area (Å²) in [6.45, 7) is 8.67. The quantitative estimate of drug-likeness (QED) is 0.360. The van der Waals surface area contributed by atoms with Crippen molar-refractivity contribution >= 4 is 33.7 Å². The summed E-state index contributed by atoms with van der Waals surface area (Å²) in [5.74, 6) is -0.515. The second-order valence-electron chi connectivity index (χ2n) is 10.2. The number of ether oxygens (including phenoxy) is 1. The Morgan fingerprint density at radius 3 is 2.56 bits per heavy atom. The zero-order valence-corrected chi connectivity index (χ0v) is 20.2. The van der Waals surface area contributed by atoms with Crippen molar-refractivity contribution in [2.24, 2.45) is 0 Å². The van der Waals surface area contributed by atoms with Crippen LogP contribution in [0.2, 0.25) is 0 Å². The molecule has 0 N–H and O–H groups in total. The Morgan fingerprint density at radius 2 is 1.79 bits per heavy atom. The Balaban J connectivity index is 1.43. The molecule has 5 nitrogen and oxygen atoms in total. The normalized spacial score (nSPS) is 16.5. The maximum absolute atomic E-state index is 13.1. The number of carbonyl (C=O) groups excluding carboxylic acids is 2. The monoisotopic (exact) mass is 454 g/mol. The number of benzene rings is 3. The molecule has 0 saturated carbocycles. The summed E-state index contributed by atoms with van der Waals surface area (Å²) < 4.78 is 7.68. The number of likely N-dealkylation sites (tertiary alicyclic amines) is 1. The highest BCUT2D eigenvalue weighted by Crippen LogP contribution is 2.33. The Hall–Kier alpha value is -3.60. The van der Waals surface area contributed by atoms with Crippen molar-refractivity contribution in [1.82, 2.24) is 9.47 Å². The van der Waals surface area contributed by atoms with Crippen molar-refractivity contribution in [1.29, 1.82) is 0 Å². The van der Waals surface area contributed by atoms with Gasteiger partial charge in [0.1, 0.15) is 5.60 Å². The molecular weight excluding hydrogens is 424 g/mol. The third kappa shape index (κ3) is 4.18. The van der Waals surface area contributed by atoms with Crippen LogP contribution in [0.25, 0.3) is 21.7 Å². The zero-order valence-electron chi connectivity index (χ0n) is 20.2. The maximum atomic E-state index is 13.1. The molecule has 1 aromatic heterocycles. The van der Waals surface area contributed by atoms with Crippen molar-refractivity contribution < 1.29 is 14.3 Å². The smallest absolute Gasteiger partial charge is 0.417 e. The van der Waals surface area contributed by atoms with Gasteiger partial charge in [-0.2, -0.15) is 0 Å². The highest BCUT2D eigenvalue weighted by Gasteiger charge is 2.38. The van der Waals surface area contributed by atoms with Gasteiger partial charge in [0.25, 0.3) is 0 Å². The second kappa shape index (κ2) is 8.32. The van der Waals surface area contributed by atoms with E-state index < -0.39 is 11.7 Å². The molecule has 0 spiro atoms. The number of carbonyl (C=O) groups is 2. The van der Waals surface area contributed by atoms with Gasteiger partial charge in [0.05, 0.1) is 5.92 Å². The number of aromatic nitrogens is 1. The van der Waals surface area contributed by atoms with E-state index in [1.807, 2.05) is 26.8 Å². The predicted molar refractivity (Wildman–Crippen MR) is 135 cm³/mol. The van der Waals surface area contributed by atoms with E-state index in [-0.39, 0.29) is 11.8 Å². The average molecular weight is 455 g/mol. The average Bonchev–Trinajstić information content (AvgIpc) is 3.32. The van der Waals surface area contributed by atoms with Crippen LogP contribution >= 0.6 is 0 Å². The van der Waals surface area contributed by atoms with Crippen molar-refractivity contribution in [3.63, 3.8) is 0 Å². The molecule has 1 aliphatic rings. The number of rotatable bonds is 3. The fourth-order valence-electron chi connectivity index (χ4n) is 4.86. The molecule has 0 radical (unpaired) electrons. The fraction of sp³-hybridized carbons (Fsp3) is 0.310. The minimum atomic E-state index is -0.629. The molecule has 1 aliphatic heterocycles. The van der Waals surface area contributed by atoms with Gasteiger partial charge < -0.3 is 9.30 Å². The first kappa shape index (κ1) is 22.2. The summed E-state index contributed by atoms with van der Waals surface area (Å²) in [5.41, 5.74) is 3.85. The van der Waals surface area contributed by atoms with Crippen molar-refractivity contribution in [3.05, 3.63) is 83.6 Å². The number of aryl methyl sites for hydroxylation is 1. The lowest BCUT2D eigenvalue weighted by Crippen LogP contribution is -2.38. The molecule has 0 aliphatic carbocycles. The number of amides is 2. The molecule has 2 heterocycles. The minimum absolute atomic E-state index is 0.182. The van der Waals surface area contributed by atoms with E-state index in [4.69, 9.17) is 4.74 Å². The molecule has 1 unspecified atom stereocenters. The molecule has 1 atom stereocenters. The van der Waals surface area contributed by atoms with E-state index in [2.05, 4.69) is 72.3 Å². The maximum Gasteiger partial charge on any atom is 0.417 e. The third-order valence-corrected chi connectivity index (χ3v) is 6.49. The van der Waals surface area contributed by atoms with Crippen molar-refractivity contribution in [2.75, 3.05) is 6.54 Å². The molecule has 34 heavy (non-hydrogen) atoms. The summed E-state index contributed by atoms with van der Waals surface area (Å²) in [4.78, 5) is 26.8. The van der Waals surface area contributed by atoms with Crippen LogP contribution in [0, 0.1) is 6.92 Å². The van der Waals surface area contributed by atoms with Gasteiger partial charge in [0.15, 0.2) is 0 Å². The first-order chi connectivity index (χ1) is 16.2. The van der Waals surface area contributed by atoms with E-state index in [1.165, 1.54) is 32.2 Å². The Morgan fingerprint density at radius 1 is 1.03 bits per heavy atom. The molecular formula is C29H30N2O3. The van der Waals surface area contributed by atoms with Gasteiger partial charge in [-0.25, -0.2) is 9.69 Å². The Kier molecular flexibility index (Phi) is 5.43. The first-order valence-electron chi connectivity index (χ1n) is 11.8. The number of imide groups is 1. The molecule has 0 bridgehead atoms. The van der Waals surface area contributed by atoms with E-state index in [1.54, 1.807) is 0 Å². The highest BCUT2D eigenvalue weighted by atomic mass is 16.6. The standard InChI is InChI=1S/C29H30N2O3/c1-19-17-30(18-20-9-10-21-7-5-6-8-22(21)15-20)26-16-23(11-12-24(19)26)25-13-14-31(27(25)32)28(33)34-29(2,3)4/h5-12,15-17,25H,13-14,18H2,1-4H3. The van der Waals surface area contributed by atoms with Gasteiger partial charge in [-0.3, -0.25) is 4.79 Å². The van der Waals surface area contributed by atoms with Crippen LogP contribution in [0.4, 0.5) is 4.79 Å². The lowest BCUT2D eigenvalue weighted by molar-refractivity contribution is -0.128. The van der Waals surface area contributed by atoms with Gasteiger partial charge in [0.2, 0.25) is 5.91 Å². The van der Waals surface area contributed by atoms with Crippen LogP contribution in [-0.4, -0.2) is 33.6 Å². The largest absolute Gasteiger partial charge is 0.443 e. The molecule has 4 aromatic rings. The van der Waals surface area contributed by atoms with Gasteiger partial charge in [-0.15, -0.1) is 0 Å². The molecule has 5 rings (SSSR count). The van der Waals surface area contributed by atoms with Crippen LogP contribution in [0.1, 0.15) is 49.8 Å². The van der Waals surface area contributed by atoms with Crippen LogP contribution in [0.15, 0.2) is 66.9 Å². The van der Waals surface area contributed by atoms with Crippen LogP contribution in [-0.2, 0) is 16.1 Å². The molecule has 5 heteroatoms. The van der Waals surface area contributed by atoms with Gasteiger partial charge in [0, 0.05) is 30.2 Å². The number of hydrogen-bond donors (Lipinski definition) is 0. The highest BCUT2D eigenvalue weighted by molar-refractivity contribution is 5.98. The lowest BCUT2D eigenvalue weighted by Gasteiger charge is -2.23. The molecule has 2 amide bonds. The van der Waals surface area contributed by atoms with E-state index in [9.17, 15) is 9.59 Å². The number of fused-ring (bicyclic) bond motifs is 2. The SMILES string of the molecule is Cc1cn(Cc2ccc3ccccc3c2)c2cc(C3CCN(C(=O)OC(C)(C)C)C3=O)ccc12. The molecule has 1 saturated heterocycles. The summed E-state index contributed by atoms with van der Waals surface area (Å²) >= 11 is 0. The summed E-state index contributed by atoms with van der Waals surface area (Å²) in [6.07, 6.45) is 2.22. The predicted octanol–water partition coefficient (Wildman–Crippen LogP) is 6.40. The van der Waals surface area contributed by atoms with Crippen molar-refractivity contribution in [2.45, 2.75) is 52.2 Å². The Labute approximate surface area is 199 Å². The van der Waals surface area contributed by atoms with Gasteiger partial charge in [-0.05, 0) is 73.7 Å². The summed E-state index contributed by atoms with van der Waals surface area (Å²) in [6, 6.07) is 21.2. The fourth-order valence-corrected chi connectivity index (χ4v) is 4.86.